The number of nitrogens with one attached hydrogen (secondary N) is 3. The Kier molecular flexibility index (Phi) is 11.1. The van der Waals surface area contributed by atoms with Crippen LogP contribution in [0.4, 0.5) is 5.13 Å². The second-order valence-corrected chi connectivity index (χ2v) is 20.5. The number of dihydropyridines is 1. The molecule has 4 aliphatic carbocycles. The van der Waals surface area contributed by atoms with Gasteiger partial charge in [0.25, 0.3) is 5.95 Å². The Morgan fingerprint density at radius 2 is 1.78 bits per heavy atom. The second kappa shape index (κ2) is 15.9. The molecule has 316 valence electrons. The number of benzene rings is 1. The number of hydrogen-bond donors (Lipinski definition) is 6. The minimum atomic E-state index is -0.799. The van der Waals surface area contributed by atoms with Gasteiger partial charge in [-0.05, 0) is 130 Å². The molecule has 12 nitrogen and oxygen atoms in total. The minimum Gasteiger partial charge on any atom is -0.480 e. The number of piperidine rings is 1. The zero-order chi connectivity index (χ0) is 41.7. The Labute approximate surface area is 353 Å². The van der Waals surface area contributed by atoms with E-state index in [4.69, 9.17) is 15.6 Å². The summed E-state index contributed by atoms with van der Waals surface area (Å²) in [6, 6.07) is 7.91. The fourth-order valence-electron chi connectivity index (χ4n) is 12.9. The SMILES string of the molecule is COCCC[NH+](C)CCCC12CC3(C)CC(C)(C1)CC(Cn1ncc(C4=CC=C(N5CCC/C(=C(C)/C(N)=N\c6nc7ccccc7s6)C5=N)NC4=C(O)O)c1C)(C3)C2. The molecule has 13 heteroatoms. The molecule has 4 saturated carbocycles. The van der Waals surface area contributed by atoms with Crippen LogP contribution in [0.1, 0.15) is 103 Å². The van der Waals surface area contributed by atoms with Crippen LogP contribution in [0.15, 0.2) is 76.2 Å². The molecule has 0 spiro atoms. The number of nitrogens with zero attached hydrogens (tertiary/aromatic N) is 5. The van der Waals surface area contributed by atoms with Crippen molar-refractivity contribution in [2.45, 2.75) is 105 Å². The second-order valence-electron chi connectivity index (χ2n) is 19.5. The highest BCUT2D eigenvalue weighted by Crippen LogP contribution is 2.75. The number of methoxy groups -OCH3 is 1. The monoisotopic (exact) mass is 822 g/mol. The zero-order valence-electron chi connectivity index (χ0n) is 35.9. The number of hydrogen-bond acceptors (Lipinski definition) is 9. The third kappa shape index (κ3) is 8.22. The van der Waals surface area contributed by atoms with E-state index in [1.165, 1.54) is 69.2 Å². The fourth-order valence-corrected chi connectivity index (χ4v) is 13.8. The van der Waals surface area contributed by atoms with E-state index >= 15 is 0 Å². The number of thiazole rings is 1. The zero-order valence-corrected chi connectivity index (χ0v) is 36.7. The molecular formula is C46H64N9O3S+. The van der Waals surface area contributed by atoms with Gasteiger partial charge in [-0.15, -0.1) is 0 Å². The van der Waals surface area contributed by atoms with Gasteiger partial charge in [-0.25, -0.2) is 9.98 Å². The maximum absolute atomic E-state index is 10.7. The van der Waals surface area contributed by atoms with Crippen LogP contribution >= 0.6 is 11.3 Å². The molecule has 4 bridgehead atoms. The minimum absolute atomic E-state index is 0.189. The largest absolute Gasteiger partial charge is 0.480 e. The van der Waals surface area contributed by atoms with Crippen molar-refractivity contribution in [2.24, 2.45) is 32.4 Å². The number of aliphatic imine (C=N–C) groups is 1. The highest BCUT2D eigenvalue weighted by atomic mass is 32.1. The summed E-state index contributed by atoms with van der Waals surface area (Å²) >= 11 is 1.48. The van der Waals surface area contributed by atoms with Crippen molar-refractivity contribution in [1.29, 1.82) is 5.41 Å². The van der Waals surface area contributed by atoms with Crippen LogP contribution in [0.5, 0.6) is 0 Å². The van der Waals surface area contributed by atoms with Crippen molar-refractivity contribution < 1.29 is 19.8 Å². The lowest BCUT2D eigenvalue weighted by molar-refractivity contribution is -0.880. The first-order valence-electron chi connectivity index (χ1n) is 21.5. The average Bonchev–Trinajstić information content (AvgIpc) is 3.74. The summed E-state index contributed by atoms with van der Waals surface area (Å²) in [7, 11) is 4.12. The summed E-state index contributed by atoms with van der Waals surface area (Å²) in [6.45, 7) is 13.8. The van der Waals surface area contributed by atoms with Gasteiger partial charge in [0.2, 0.25) is 5.13 Å². The number of amidine groups is 2. The Hall–Kier alpha value is -4.46. The predicted molar refractivity (Wildman–Crippen MR) is 237 cm³/mol. The first-order chi connectivity index (χ1) is 28.1. The van der Waals surface area contributed by atoms with E-state index < -0.39 is 5.95 Å². The fraction of sp³-hybridized carbons (Fsp3) is 0.565. The number of quaternary nitrogens is 1. The van der Waals surface area contributed by atoms with Crippen LogP contribution in [0.3, 0.4) is 0 Å². The molecule has 1 aromatic carbocycles. The molecule has 7 N–H and O–H groups in total. The van der Waals surface area contributed by atoms with Gasteiger partial charge in [-0.2, -0.15) is 5.10 Å². The van der Waals surface area contributed by atoms with Gasteiger partial charge >= 0.3 is 0 Å². The first-order valence-corrected chi connectivity index (χ1v) is 22.4. The standard InChI is InChI=1S/C46H63N9O3S/c1-30(39(47)52-42-50-35-13-7-8-14-36(35)59-42)32-12-9-20-54(40(32)48)37-16-15-33(38(51-37)41(56)57)34-22-49-55(31(34)2)29-46-26-43(3)23-44(4,27-46)25-45(24-43,28-46)17-10-18-53(5)19-11-21-58-6/h7-8,13-16,22,48,51,56-57H,9-12,17-21,23-29H2,1-6H3,(H2,47,50,52)/p+1/b32-30-,48-40?. The molecule has 3 aromatic rings. The maximum atomic E-state index is 10.7. The Balaban J connectivity index is 1.01. The van der Waals surface area contributed by atoms with Gasteiger partial charge in [0.15, 0.2) is 0 Å². The number of nitrogens with two attached hydrogens (primary N) is 1. The summed E-state index contributed by atoms with van der Waals surface area (Å²) in [5.74, 6) is 0.434. The third-order valence-electron chi connectivity index (χ3n) is 14.1. The van der Waals surface area contributed by atoms with E-state index in [1.807, 2.05) is 54.4 Å². The smallest absolute Gasteiger partial charge is 0.299 e. The van der Waals surface area contributed by atoms with E-state index in [0.29, 0.717) is 57.4 Å². The topological polar surface area (TPSA) is 162 Å². The molecule has 9 rings (SSSR count). The predicted octanol–water partition coefficient (Wildman–Crippen LogP) is 7.69. The number of rotatable bonds is 14. The van der Waals surface area contributed by atoms with Gasteiger partial charge in [-0.3, -0.25) is 10.1 Å². The number of likely N-dealkylation sites (tertiary alicyclic amines) is 1. The van der Waals surface area contributed by atoms with Crippen LogP contribution in [-0.4, -0.2) is 81.9 Å². The number of ether oxygens (including phenoxy) is 1. The number of para-hydroxylation sites is 1. The van der Waals surface area contributed by atoms with E-state index in [9.17, 15) is 15.6 Å². The lowest BCUT2D eigenvalue weighted by atomic mass is 9.35. The molecule has 5 fully saturated rings. The summed E-state index contributed by atoms with van der Waals surface area (Å²) in [5.41, 5.74) is 13.0. The van der Waals surface area contributed by atoms with E-state index in [0.717, 1.165) is 65.2 Å². The van der Waals surface area contributed by atoms with Crippen LogP contribution in [0.2, 0.25) is 0 Å². The number of aliphatic hydroxyl groups is 2. The number of allylic oxidation sites excluding steroid dienone is 3. The summed E-state index contributed by atoms with van der Waals surface area (Å²) < 4.78 is 8.54. The van der Waals surface area contributed by atoms with Crippen molar-refractivity contribution >= 4 is 43.9 Å². The van der Waals surface area contributed by atoms with E-state index in [-0.39, 0.29) is 11.1 Å². The van der Waals surface area contributed by atoms with Crippen molar-refractivity contribution in [3.63, 3.8) is 0 Å². The molecule has 2 aliphatic heterocycles. The molecule has 0 radical (unpaired) electrons. The quantitative estimate of drug-likeness (QED) is 0.0418. The molecule has 2 aromatic heterocycles. The first kappa shape index (κ1) is 41.3. The van der Waals surface area contributed by atoms with Gasteiger partial charge in [0, 0.05) is 49.0 Å². The molecule has 3 unspecified atom stereocenters. The molecular weight excluding hydrogens is 759 g/mol. The number of aromatic nitrogens is 3. The van der Waals surface area contributed by atoms with Gasteiger partial charge in [0.05, 0.1) is 43.2 Å². The summed E-state index contributed by atoms with van der Waals surface area (Å²) in [4.78, 5) is 12.7. The third-order valence-corrected chi connectivity index (χ3v) is 15.0. The van der Waals surface area contributed by atoms with Gasteiger partial charge in [-0.1, -0.05) is 37.3 Å². The summed E-state index contributed by atoms with van der Waals surface area (Å²) in [6.07, 6.45) is 18.6. The van der Waals surface area contributed by atoms with E-state index in [2.05, 4.69) is 47.8 Å². The van der Waals surface area contributed by atoms with Crippen molar-refractivity contribution in [3.05, 3.63) is 82.5 Å². The van der Waals surface area contributed by atoms with Gasteiger partial charge < -0.3 is 35.8 Å². The summed E-state index contributed by atoms with van der Waals surface area (Å²) in [5, 5.41) is 39.5. The molecule has 4 heterocycles. The van der Waals surface area contributed by atoms with E-state index in [1.54, 1.807) is 12.0 Å². The molecule has 59 heavy (non-hydrogen) atoms. The highest BCUT2D eigenvalue weighted by Gasteiger charge is 2.65. The Morgan fingerprint density at radius 3 is 2.51 bits per heavy atom. The maximum Gasteiger partial charge on any atom is 0.299 e. The van der Waals surface area contributed by atoms with Crippen molar-refractivity contribution in [2.75, 3.05) is 40.4 Å². The van der Waals surface area contributed by atoms with Crippen LogP contribution < -0.4 is 16.0 Å². The molecule has 6 aliphatic rings. The van der Waals surface area contributed by atoms with Crippen molar-refractivity contribution in [3.8, 4) is 0 Å². The van der Waals surface area contributed by atoms with Gasteiger partial charge in [0.1, 0.15) is 23.2 Å². The highest BCUT2D eigenvalue weighted by molar-refractivity contribution is 7.22. The normalized spacial score (nSPS) is 29.5. The van der Waals surface area contributed by atoms with Crippen LogP contribution in [0.25, 0.3) is 15.8 Å². The lowest BCUT2D eigenvalue weighted by Crippen LogP contribution is -3.09. The molecule has 0 amide bonds. The Bertz CT molecular complexity index is 2220. The lowest BCUT2D eigenvalue weighted by Gasteiger charge is -2.70. The molecule has 3 atom stereocenters. The van der Waals surface area contributed by atoms with Crippen LogP contribution in [0, 0.1) is 34.0 Å². The Morgan fingerprint density at radius 1 is 1.05 bits per heavy atom. The average molecular weight is 823 g/mol. The molecule has 1 saturated heterocycles. The number of aliphatic hydroxyl groups excluding tert-OH is 1. The van der Waals surface area contributed by atoms with Crippen molar-refractivity contribution in [1.82, 2.24) is 25.0 Å². The number of fused-ring (bicyclic) bond motifs is 1. The van der Waals surface area contributed by atoms with Crippen LogP contribution in [-0.2, 0) is 11.3 Å².